The molecule has 1 aliphatic carbocycles. The molecule has 0 amide bonds. The highest BCUT2D eigenvalue weighted by Crippen LogP contribution is 2.41. The van der Waals surface area contributed by atoms with Crippen LogP contribution in [-0.2, 0) is 6.42 Å². The van der Waals surface area contributed by atoms with Crippen LogP contribution in [0, 0.1) is 5.41 Å². The van der Waals surface area contributed by atoms with E-state index in [0.29, 0.717) is 0 Å². The summed E-state index contributed by atoms with van der Waals surface area (Å²) in [4.78, 5) is 0. The average molecular weight is 282 g/mol. The normalized spacial score (nSPS) is 17.9. The summed E-state index contributed by atoms with van der Waals surface area (Å²) in [5.41, 5.74) is 4.59. The van der Waals surface area contributed by atoms with Gasteiger partial charge in [-0.15, -0.1) is 0 Å². The monoisotopic (exact) mass is 282 g/mol. The molecule has 0 N–H and O–H groups in total. The fourth-order valence-corrected chi connectivity index (χ4v) is 3.46. The molecule has 0 nitrogen and oxygen atoms in total. The second-order valence-electron chi connectivity index (χ2n) is 6.78. The smallest absolute Gasteiger partial charge is 0.00382 e. The Balaban J connectivity index is 2.19. The van der Waals surface area contributed by atoms with Crippen LogP contribution in [0.3, 0.4) is 0 Å². The van der Waals surface area contributed by atoms with Crippen LogP contribution in [-0.4, -0.2) is 0 Å². The van der Waals surface area contributed by atoms with Crippen molar-refractivity contribution in [3.8, 4) is 0 Å². The lowest BCUT2D eigenvalue weighted by Crippen LogP contribution is -2.24. The van der Waals surface area contributed by atoms with E-state index in [1.54, 1.807) is 0 Å². The summed E-state index contributed by atoms with van der Waals surface area (Å²) in [7, 11) is 0. The third-order valence-electron chi connectivity index (χ3n) is 4.93. The van der Waals surface area contributed by atoms with Gasteiger partial charge < -0.3 is 0 Å². The molecule has 0 heterocycles. The van der Waals surface area contributed by atoms with Crippen LogP contribution in [0.1, 0.15) is 64.4 Å². The maximum Gasteiger partial charge on any atom is -0.00382 e. The zero-order chi connectivity index (χ0) is 15.1. The van der Waals surface area contributed by atoms with Crippen molar-refractivity contribution in [2.24, 2.45) is 5.41 Å². The summed E-state index contributed by atoms with van der Waals surface area (Å²) < 4.78 is 0. The number of hydrogen-bond acceptors (Lipinski definition) is 0. The van der Waals surface area contributed by atoms with Crippen LogP contribution < -0.4 is 0 Å². The lowest BCUT2D eigenvalue weighted by Gasteiger charge is -2.35. The zero-order valence-electron chi connectivity index (χ0n) is 13.8. The molecule has 0 spiro atoms. The minimum Gasteiger partial charge on any atom is -0.0950 e. The highest BCUT2D eigenvalue weighted by molar-refractivity contribution is 5.36. The molecule has 2 rings (SSSR count). The van der Waals surface area contributed by atoms with Crippen molar-refractivity contribution in [3.63, 3.8) is 0 Å². The van der Waals surface area contributed by atoms with Gasteiger partial charge in [-0.05, 0) is 60.6 Å². The molecule has 0 bridgehead atoms. The predicted molar refractivity (Wildman–Crippen MR) is 93.5 cm³/mol. The van der Waals surface area contributed by atoms with Gasteiger partial charge in [0.15, 0.2) is 0 Å². The van der Waals surface area contributed by atoms with E-state index in [4.69, 9.17) is 0 Å². The first-order valence-electron chi connectivity index (χ1n) is 8.58. The number of rotatable bonds is 7. The minimum atomic E-state index is 0.209. The molecule has 114 valence electrons. The van der Waals surface area contributed by atoms with Gasteiger partial charge in [-0.25, -0.2) is 0 Å². The van der Waals surface area contributed by atoms with Crippen LogP contribution >= 0.6 is 0 Å². The van der Waals surface area contributed by atoms with E-state index in [2.05, 4.69) is 56.8 Å². The SMILES string of the molecule is C=C(C1=CCCCC1)[C@](C)(CCCC)Cc1ccccc1. The highest BCUT2D eigenvalue weighted by Gasteiger charge is 2.29. The summed E-state index contributed by atoms with van der Waals surface area (Å²) in [6, 6.07) is 10.9. The van der Waals surface area contributed by atoms with Gasteiger partial charge >= 0.3 is 0 Å². The maximum atomic E-state index is 4.53. The average Bonchev–Trinajstić information content (AvgIpc) is 2.54. The summed E-state index contributed by atoms with van der Waals surface area (Å²) in [6.07, 6.45) is 12.5. The largest absolute Gasteiger partial charge is 0.0950 e. The van der Waals surface area contributed by atoms with Crippen LogP contribution in [0.4, 0.5) is 0 Å². The Morgan fingerprint density at radius 3 is 2.57 bits per heavy atom. The molecule has 21 heavy (non-hydrogen) atoms. The molecule has 0 fully saturated rings. The fraction of sp³-hybridized carbons (Fsp3) is 0.524. The van der Waals surface area contributed by atoms with Gasteiger partial charge in [0.25, 0.3) is 0 Å². The quantitative estimate of drug-likeness (QED) is 0.536. The van der Waals surface area contributed by atoms with Crippen molar-refractivity contribution >= 4 is 0 Å². The number of allylic oxidation sites excluding steroid dienone is 3. The van der Waals surface area contributed by atoms with E-state index >= 15 is 0 Å². The fourth-order valence-electron chi connectivity index (χ4n) is 3.46. The molecule has 0 unspecified atom stereocenters. The Labute approximate surface area is 131 Å². The summed E-state index contributed by atoms with van der Waals surface area (Å²) >= 11 is 0. The second-order valence-corrected chi connectivity index (χ2v) is 6.78. The third kappa shape index (κ3) is 4.33. The molecule has 1 aliphatic rings. The molecule has 0 radical (unpaired) electrons. The Hall–Kier alpha value is -1.30. The number of benzene rings is 1. The summed E-state index contributed by atoms with van der Waals surface area (Å²) in [5, 5.41) is 0. The molecule has 0 heteroatoms. The van der Waals surface area contributed by atoms with E-state index in [-0.39, 0.29) is 5.41 Å². The van der Waals surface area contributed by atoms with Crippen molar-refractivity contribution < 1.29 is 0 Å². The minimum absolute atomic E-state index is 0.209. The van der Waals surface area contributed by atoms with Gasteiger partial charge in [-0.1, -0.05) is 69.7 Å². The van der Waals surface area contributed by atoms with E-state index in [0.717, 1.165) is 6.42 Å². The molecular formula is C21H30. The summed E-state index contributed by atoms with van der Waals surface area (Å²) in [5.74, 6) is 0. The Bertz CT molecular complexity index is 480. The van der Waals surface area contributed by atoms with Gasteiger partial charge in [0, 0.05) is 0 Å². The standard InChI is InChI=1S/C21H30/c1-4-5-16-21(3,17-19-12-8-6-9-13-19)18(2)20-14-10-7-11-15-20/h6,8-9,12-14H,2,4-5,7,10-11,15-17H2,1,3H3/t21-/m1/s1. The number of unbranched alkanes of at least 4 members (excludes halogenated alkanes) is 1. The lowest BCUT2D eigenvalue weighted by molar-refractivity contribution is 0.351. The van der Waals surface area contributed by atoms with Crippen molar-refractivity contribution in [1.29, 1.82) is 0 Å². The molecule has 0 saturated carbocycles. The Morgan fingerprint density at radius 2 is 1.95 bits per heavy atom. The first-order chi connectivity index (χ1) is 10.2. The van der Waals surface area contributed by atoms with Crippen LogP contribution in [0.2, 0.25) is 0 Å². The Kier molecular flexibility index (Phi) is 5.85. The first kappa shape index (κ1) is 16.1. The van der Waals surface area contributed by atoms with Gasteiger partial charge in [-0.2, -0.15) is 0 Å². The van der Waals surface area contributed by atoms with Crippen LogP contribution in [0.5, 0.6) is 0 Å². The predicted octanol–water partition coefficient (Wildman–Crippen LogP) is 6.48. The molecule has 0 saturated heterocycles. The van der Waals surface area contributed by atoms with Gasteiger partial charge in [0.1, 0.15) is 0 Å². The van der Waals surface area contributed by atoms with Gasteiger partial charge in [0.2, 0.25) is 0 Å². The van der Waals surface area contributed by atoms with Crippen molar-refractivity contribution in [3.05, 3.63) is 59.7 Å². The van der Waals surface area contributed by atoms with Crippen LogP contribution in [0.25, 0.3) is 0 Å². The molecular weight excluding hydrogens is 252 g/mol. The lowest BCUT2D eigenvalue weighted by atomic mass is 9.70. The number of hydrogen-bond donors (Lipinski definition) is 0. The van der Waals surface area contributed by atoms with E-state index in [1.807, 2.05) is 0 Å². The zero-order valence-corrected chi connectivity index (χ0v) is 13.8. The summed E-state index contributed by atoms with van der Waals surface area (Å²) in [6.45, 7) is 9.24. The van der Waals surface area contributed by atoms with Crippen molar-refractivity contribution in [1.82, 2.24) is 0 Å². The van der Waals surface area contributed by atoms with Gasteiger partial charge in [-0.3, -0.25) is 0 Å². The van der Waals surface area contributed by atoms with E-state index < -0.39 is 0 Å². The van der Waals surface area contributed by atoms with Crippen LogP contribution in [0.15, 0.2) is 54.1 Å². The molecule has 1 aromatic carbocycles. The van der Waals surface area contributed by atoms with E-state index in [1.165, 1.54) is 61.7 Å². The van der Waals surface area contributed by atoms with Crippen molar-refractivity contribution in [2.75, 3.05) is 0 Å². The third-order valence-corrected chi connectivity index (χ3v) is 4.93. The maximum absolute atomic E-state index is 4.53. The molecule has 0 aliphatic heterocycles. The van der Waals surface area contributed by atoms with Gasteiger partial charge in [0.05, 0.1) is 0 Å². The Morgan fingerprint density at radius 1 is 1.19 bits per heavy atom. The van der Waals surface area contributed by atoms with E-state index in [9.17, 15) is 0 Å². The topological polar surface area (TPSA) is 0 Å². The highest BCUT2D eigenvalue weighted by atomic mass is 14.3. The first-order valence-corrected chi connectivity index (χ1v) is 8.58. The van der Waals surface area contributed by atoms with Crippen molar-refractivity contribution in [2.45, 2.75) is 65.2 Å². The second kappa shape index (κ2) is 7.64. The molecule has 1 atom stereocenters. The molecule has 0 aromatic heterocycles. The molecule has 1 aromatic rings.